The molecule has 2 aliphatic rings. The van der Waals surface area contributed by atoms with Gasteiger partial charge in [-0.25, -0.2) is 0 Å². The van der Waals surface area contributed by atoms with Crippen molar-refractivity contribution in [2.75, 3.05) is 26.2 Å². The average molecular weight is 295 g/mol. The zero-order chi connectivity index (χ0) is 15.2. The first-order valence-corrected chi connectivity index (χ1v) is 8.91. The third kappa shape index (κ3) is 4.19. The Balaban J connectivity index is 1.95. The number of nitrogens with two attached hydrogens (primary N) is 1. The number of rotatable bonds is 5. The van der Waals surface area contributed by atoms with E-state index in [4.69, 9.17) is 5.73 Å². The van der Waals surface area contributed by atoms with Crippen molar-refractivity contribution in [1.29, 1.82) is 0 Å². The van der Waals surface area contributed by atoms with Crippen molar-refractivity contribution < 1.29 is 4.79 Å². The van der Waals surface area contributed by atoms with Gasteiger partial charge in [0.25, 0.3) is 0 Å². The van der Waals surface area contributed by atoms with E-state index in [9.17, 15) is 4.79 Å². The molecular formula is C17H33N3O. The fraction of sp³-hybridized carbons (Fsp3) is 0.941. The quantitative estimate of drug-likeness (QED) is 0.846. The van der Waals surface area contributed by atoms with Crippen LogP contribution in [0.5, 0.6) is 0 Å². The highest BCUT2D eigenvalue weighted by molar-refractivity contribution is 5.78. The molecule has 21 heavy (non-hydrogen) atoms. The molecule has 2 rings (SSSR count). The van der Waals surface area contributed by atoms with Crippen molar-refractivity contribution in [3.05, 3.63) is 0 Å². The maximum absolute atomic E-state index is 12.7. The molecular weight excluding hydrogens is 262 g/mol. The van der Waals surface area contributed by atoms with Gasteiger partial charge in [0.2, 0.25) is 5.91 Å². The van der Waals surface area contributed by atoms with E-state index in [1.54, 1.807) is 0 Å². The monoisotopic (exact) mass is 295 g/mol. The molecule has 0 bridgehead atoms. The Morgan fingerprint density at radius 2 is 1.90 bits per heavy atom. The first-order chi connectivity index (χ1) is 10.2. The summed E-state index contributed by atoms with van der Waals surface area (Å²) < 4.78 is 0. The number of amides is 1. The molecule has 1 saturated heterocycles. The SMILES string of the molecule is CCN(CC(=O)N1CCCCC1C)C1CCCCC1CN. The summed E-state index contributed by atoms with van der Waals surface area (Å²) >= 11 is 0. The van der Waals surface area contributed by atoms with Crippen molar-refractivity contribution in [1.82, 2.24) is 9.80 Å². The van der Waals surface area contributed by atoms with Crippen molar-refractivity contribution in [3.63, 3.8) is 0 Å². The summed E-state index contributed by atoms with van der Waals surface area (Å²) in [5, 5.41) is 0. The number of piperidine rings is 1. The van der Waals surface area contributed by atoms with Gasteiger partial charge in [0.1, 0.15) is 0 Å². The fourth-order valence-electron chi connectivity index (χ4n) is 4.14. The van der Waals surface area contributed by atoms with Gasteiger partial charge in [-0.15, -0.1) is 0 Å². The summed E-state index contributed by atoms with van der Waals surface area (Å²) in [4.78, 5) is 17.2. The number of likely N-dealkylation sites (tertiary alicyclic amines) is 1. The second kappa shape index (κ2) is 8.14. The summed E-state index contributed by atoms with van der Waals surface area (Å²) in [5.74, 6) is 0.899. The summed E-state index contributed by atoms with van der Waals surface area (Å²) in [7, 11) is 0. The van der Waals surface area contributed by atoms with E-state index in [2.05, 4.69) is 23.6 Å². The predicted octanol–water partition coefficient (Wildman–Crippen LogP) is 2.23. The van der Waals surface area contributed by atoms with Gasteiger partial charge in [0, 0.05) is 18.6 Å². The lowest BCUT2D eigenvalue weighted by atomic mass is 9.83. The second-order valence-electron chi connectivity index (χ2n) is 6.84. The van der Waals surface area contributed by atoms with E-state index < -0.39 is 0 Å². The molecule has 2 N–H and O–H groups in total. The van der Waals surface area contributed by atoms with Crippen LogP contribution in [-0.4, -0.2) is 54.0 Å². The van der Waals surface area contributed by atoms with Crippen LogP contribution in [-0.2, 0) is 4.79 Å². The van der Waals surface area contributed by atoms with Crippen molar-refractivity contribution >= 4 is 5.91 Å². The fourth-order valence-corrected chi connectivity index (χ4v) is 4.14. The maximum Gasteiger partial charge on any atom is 0.236 e. The molecule has 1 amide bonds. The predicted molar refractivity (Wildman–Crippen MR) is 87.1 cm³/mol. The largest absolute Gasteiger partial charge is 0.339 e. The molecule has 1 aliphatic heterocycles. The van der Waals surface area contributed by atoms with Gasteiger partial charge in [-0.2, -0.15) is 0 Å². The molecule has 0 aromatic rings. The van der Waals surface area contributed by atoms with E-state index in [1.807, 2.05) is 0 Å². The lowest BCUT2D eigenvalue weighted by Gasteiger charge is -2.41. The molecule has 122 valence electrons. The van der Waals surface area contributed by atoms with Gasteiger partial charge in [-0.05, 0) is 58.0 Å². The minimum atomic E-state index is 0.324. The molecule has 0 aromatic heterocycles. The summed E-state index contributed by atoms with van der Waals surface area (Å²) in [5.41, 5.74) is 5.96. The lowest BCUT2D eigenvalue weighted by molar-refractivity contribution is -0.136. The van der Waals surface area contributed by atoms with Crippen LogP contribution in [0.2, 0.25) is 0 Å². The van der Waals surface area contributed by atoms with Crippen LogP contribution >= 0.6 is 0 Å². The smallest absolute Gasteiger partial charge is 0.236 e. The highest BCUT2D eigenvalue weighted by Gasteiger charge is 2.31. The van der Waals surface area contributed by atoms with Crippen molar-refractivity contribution in [2.45, 2.75) is 70.9 Å². The highest BCUT2D eigenvalue weighted by atomic mass is 16.2. The molecule has 1 heterocycles. The van der Waals surface area contributed by atoms with E-state index in [0.717, 1.165) is 32.5 Å². The van der Waals surface area contributed by atoms with Gasteiger partial charge in [-0.1, -0.05) is 19.8 Å². The third-order valence-electron chi connectivity index (χ3n) is 5.51. The molecule has 4 nitrogen and oxygen atoms in total. The average Bonchev–Trinajstić information content (AvgIpc) is 2.52. The Hall–Kier alpha value is -0.610. The second-order valence-corrected chi connectivity index (χ2v) is 6.84. The van der Waals surface area contributed by atoms with Crippen LogP contribution < -0.4 is 5.73 Å². The standard InChI is InChI=1S/C17H33N3O/c1-3-19(16-10-5-4-9-15(16)12-18)13-17(21)20-11-7-6-8-14(20)2/h14-16H,3-13,18H2,1-2H3. The van der Waals surface area contributed by atoms with Gasteiger partial charge >= 0.3 is 0 Å². The molecule has 0 spiro atoms. The molecule has 0 aromatic carbocycles. The van der Waals surface area contributed by atoms with Gasteiger partial charge < -0.3 is 10.6 Å². The Labute approximate surface area is 130 Å². The summed E-state index contributed by atoms with van der Waals surface area (Å²) in [6, 6.07) is 0.930. The number of hydrogen-bond donors (Lipinski definition) is 1. The molecule has 3 unspecified atom stereocenters. The molecule has 4 heteroatoms. The molecule has 1 aliphatic carbocycles. The van der Waals surface area contributed by atoms with Crippen LogP contribution in [0.3, 0.4) is 0 Å². The van der Waals surface area contributed by atoms with Gasteiger partial charge in [-0.3, -0.25) is 9.69 Å². The first kappa shape index (κ1) is 16.8. The minimum absolute atomic E-state index is 0.324. The van der Waals surface area contributed by atoms with E-state index in [0.29, 0.717) is 30.5 Å². The molecule has 1 saturated carbocycles. The Morgan fingerprint density at radius 1 is 1.19 bits per heavy atom. The molecule has 3 atom stereocenters. The maximum atomic E-state index is 12.7. The summed E-state index contributed by atoms with van der Waals surface area (Å²) in [6.07, 6.45) is 8.60. The van der Waals surface area contributed by atoms with Crippen LogP contribution in [0.4, 0.5) is 0 Å². The minimum Gasteiger partial charge on any atom is -0.339 e. The van der Waals surface area contributed by atoms with Crippen molar-refractivity contribution in [3.8, 4) is 0 Å². The number of nitrogens with zero attached hydrogens (tertiary/aromatic N) is 2. The Kier molecular flexibility index (Phi) is 6.49. The number of carbonyl (C=O) groups excluding carboxylic acids is 1. The Bertz CT molecular complexity index is 334. The van der Waals surface area contributed by atoms with Crippen LogP contribution in [0, 0.1) is 5.92 Å². The van der Waals surface area contributed by atoms with E-state index >= 15 is 0 Å². The van der Waals surface area contributed by atoms with Gasteiger partial charge in [0.15, 0.2) is 0 Å². The topological polar surface area (TPSA) is 49.6 Å². The summed E-state index contributed by atoms with van der Waals surface area (Å²) in [6.45, 7) is 7.61. The van der Waals surface area contributed by atoms with Crippen LogP contribution in [0.1, 0.15) is 58.8 Å². The Morgan fingerprint density at radius 3 is 2.57 bits per heavy atom. The number of hydrogen-bond acceptors (Lipinski definition) is 3. The van der Waals surface area contributed by atoms with Crippen LogP contribution in [0.15, 0.2) is 0 Å². The van der Waals surface area contributed by atoms with Gasteiger partial charge in [0.05, 0.1) is 6.54 Å². The normalized spacial score (nSPS) is 30.7. The van der Waals surface area contributed by atoms with Crippen LogP contribution in [0.25, 0.3) is 0 Å². The number of likely N-dealkylation sites (N-methyl/N-ethyl adjacent to an activating group) is 1. The lowest BCUT2D eigenvalue weighted by Crippen LogP contribution is -2.51. The zero-order valence-electron chi connectivity index (χ0n) is 13.9. The zero-order valence-corrected chi connectivity index (χ0v) is 13.9. The number of carbonyl (C=O) groups is 1. The molecule has 0 radical (unpaired) electrons. The molecule has 2 fully saturated rings. The highest BCUT2D eigenvalue weighted by Crippen LogP contribution is 2.28. The first-order valence-electron chi connectivity index (χ1n) is 8.91. The van der Waals surface area contributed by atoms with E-state index in [-0.39, 0.29) is 0 Å². The third-order valence-corrected chi connectivity index (χ3v) is 5.51. The van der Waals surface area contributed by atoms with E-state index in [1.165, 1.54) is 32.1 Å². The van der Waals surface area contributed by atoms with Crippen molar-refractivity contribution in [2.24, 2.45) is 11.7 Å².